The Balaban J connectivity index is 1.69. The van der Waals surface area contributed by atoms with Gasteiger partial charge in [-0.05, 0) is 55.3 Å². The highest BCUT2D eigenvalue weighted by atomic mass is 19.1. The number of hydrogen-bond donors (Lipinski definition) is 0. The molecule has 0 atom stereocenters. The molecule has 0 N–H and O–H groups in total. The number of halogens is 1. The van der Waals surface area contributed by atoms with Crippen LogP contribution in [0.15, 0.2) is 81.8 Å². The zero-order valence-electron chi connectivity index (χ0n) is 19.1. The van der Waals surface area contributed by atoms with Crippen molar-refractivity contribution < 1.29 is 17.8 Å². The van der Waals surface area contributed by atoms with Gasteiger partial charge < -0.3 is 8.83 Å². The highest BCUT2D eigenvalue weighted by molar-refractivity contribution is 6.18. The van der Waals surface area contributed by atoms with Gasteiger partial charge in [-0.2, -0.15) is 8.96 Å². The monoisotopic (exact) mass is 446 g/mol. The van der Waals surface area contributed by atoms with Crippen LogP contribution in [0.4, 0.5) is 4.39 Å². The Kier molecular flexibility index (Phi) is 3.79. The van der Waals surface area contributed by atoms with Gasteiger partial charge in [-0.15, -0.1) is 0 Å². The number of para-hydroxylation sites is 2. The van der Waals surface area contributed by atoms with Crippen LogP contribution in [0.1, 0.15) is 11.1 Å². The van der Waals surface area contributed by atoms with E-state index in [2.05, 4.69) is 26.0 Å². The molecular weight excluding hydrogens is 425 g/mol. The highest BCUT2D eigenvalue weighted by Crippen LogP contribution is 2.42. The predicted molar refractivity (Wildman–Crippen MR) is 135 cm³/mol. The van der Waals surface area contributed by atoms with Crippen molar-refractivity contribution >= 4 is 54.6 Å². The Hall–Kier alpha value is -4.18. The molecule has 0 saturated heterocycles. The van der Waals surface area contributed by atoms with E-state index in [-0.39, 0.29) is 5.82 Å². The van der Waals surface area contributed by atoms with Gasteiger partial charge in [0.05, 0.1) is 16.3 Å². The van der Waals surface area contributed by atoms with Crippen LogP contribution in [0.3, 0.4) is 0 Å². The van der Waals surface area contributed by atoms with E-state index in [4.69, 9.17) is 8.83 Å². The van der Waals surface area contributed by atoms with Gasteiger partial charge in [0, 0.05) is 21.5 Å². The van der Waals surface area contributed by atoms with Gasteiger partial charge in [0.25, 0.3) is 0 Å². The van der Waals surface area contributed by atoms with E-state index in [1.165, 1.54) is 0 Å². The van der Waals surface area contributed by atoms with Gasteiger partial charge in [0.1, 0.15) is 29.4 Å². The number of nitrogens with zero attached hydrogens (tertiary/aromatic N) is 1. The summed E-state index contributed by atoms with van der Waals surface area (Å²) in [6.07, 6.45) is 1.54. The Labute approximate surface area is 194 Å². The molecule has 0 unspecified atom stereocenters. The molecule has 0 aliphatic heterocycles. The third-order valence-electron chi connectivity index (χ3n) is 7.13. The minimum Gasteiger partial charge on any atom is -0.455 e. The minimum atomic E-state index is -0.308. The maximum atomic E-state index is 15.6. The predicted octanol–water partition coefficient (Wildman–Crippen LogP) is 7.89. The molecule has 7 rings (SSSR count). The smallest absolute Gasteiger partial charge is 0.224 e. The molecule has 3 heterocycles. The van der Waals surface area contributed by atoms with Crippen molar-refractivity contribution in [2.24, 2.45) is 7.05 Å². The maximum Gasteiger partial charge on any atom is 0.224 e. The van der Waals surface area contributed by atoms with Crippen LogP contribution in [-0.2, 0) is 7.05 Å². The second-order valence-corrected chi connectivity index (χ2v) is 9.07. The summed E-state index contributed by atoms with van der Waals surface area (Å²) in [6.45, 7) is 4.22. The van der Waals surface area contributed by atoms with Crippen LogP contribution >= 0.6 is 0 Å². The molecule has 0 aliphatic rings. The van der Waals surface area contributed by atoms with Crippen molar-refractivity contribution in [2.45, 2.75) is 13.8 Å². The molecule has 4 heteroatoms. The largest absolute Gasteiger partial charge is 0.455 e. The van der Waals surface area contributed by atoms with Crippen molar-refractivity contribution in [1.82, 2.24) is 0 Å². The molecule has 3 aromatic heterocycles. The van der Waals surface area contributed by atoms with Crippen molar-refractivity contribution in [3.63, 3.8) is 0 Å². The van der Waals surface area contributed by atoms with Crippen molar-refractivity contribution in [1.29, 1.82) is 0 Å². The van der Waals surface area contributed by atoms with E-state index in [9.17, 15) is 0 Å². The van der Waals surface area contributed by atoms with Gasteiger partial charge in [-0.3, -0.25) is 0 Å². The third kappa shape index (κ3) is 2.43. The fraction of sp³-hybridized carbons (Fsp3) is 0.100. The van der Waals surface area contributed by atoms with Crippen LogP contribution in [0, 0.1) is 19.7 Å². The second kappa shape index (κ2) is 6.67. The lowest BCUT2D eigenvalue weighted by atomic mass is 9.93. The van der Waals surface area contributed by atoms with Crippen LogP contribution in [-0.4, -0.2) is 0 Å². The molecule has 0 fully saturated rings. The molecular formula is C30H21FNO2+. The van der Waals surface area contributed by atoms with Gasteiger partial charge in [-0.25, -0.2) is 0 Å². The summed E-state index contributed by atoms with van der Waals surface area (Å²) in [5.74, 6) is -0.308. The highest BCUT2D eigenvalue weighted by Gasteiger charge is 2.28. The van der Waals surface area contributed by atoms with Crippen LogP contribution in [0.5, 0.6) is 0 Å². The molecule has 3 nitrogen and oxygen atoms in total. The number of benzene rings is 4. The molecule has 164 valence electrons. The Morgan fingerprint density at radius 3 is 2.06 bits per heavy atom. The molecule has 34 heavy (non-hydrogen) atoms. The summed E-state index contributed by atoms with van der Waals surface area (Å²) < 4.78 is 30.0. The third-order valence-corrected chi connectivity index (χ3v) is 7.13. The van der Waals surface area contributed by atoms with Crippen LogP contribution < -0.4 is 4.57 Å². The zero-order chi connectivity index (χ0) is 23.1. The minimum absolute atomic E-state index is 0.308. The van der Waals surface area contributed by atoms with Crippen LogP contribution in [0.2, 0.25) is 0 Å². The lowest BCUT2D eigenvalue weighted by molar-refractivity contribution is -0.660. The number of hydrogen-bond acceptors (Lipinski definition) is 2. The van der Waals surface area contributed by atoms with Crippen molar-refractivity contribution in [3.8, 4) is 11.3 Å². The molecule has 0 radical (unpaired) electrons. The van der Waals surface area contributed by atoms with E-state index in [0.717, 1.165) is 66.1 Å². The number of fused-ring (bicyclic) bond motifs is 8. The lowest BCUT2D eigenvalue weighted by Crippen LogP contribution is -2.32. The van der Waals surface area contributed by atoms with E-state index >= 15 is 4.39 Å². The average molecular weight is 447 g/mol. The first-order valence-electron chi connectivity index (χ1n) is 11.4. The van der Waals surface area contributed by atoms with E-state index in [1.807, 2.05) is 66.2 Å². The average Bonchev–Trinajstić information content (AvgIpc) is 3.39. The van der Waals surface area contributed by atoms with Crippen molar-refractivity contribution in [3.05, 3.63) is 89.9 Å². The standard InChI is InChI=1S/C30H21FNO2/c1-16-14-22-19-9-5-7-11-25(19)34-30(22)26(17(16)2)28-21-13-12-20-18-8-4-6-10-24(18)33-29(20)27(21)23(31)15-32(28)3/h4-15H,1-3H3/q+1. The van der Waals surface area contributed by atoms with Gasteiger partial charge in [0.2, 0.25) is 11.9 Å². The Morgan fingerprint density at radius 1 is 0.706 bits per heavy atom. The maximum absolute atomic E-state index is 15.6. The Bertz CT molecular complexity index is 1960. The molecule has 0 amide bonds. The van der Waals surface area contributed by atoms with E-state index < -0.39 is 0 Å². The zero-order valence-corrected chi connectivity index (χ0v) is 19.1. The molecule has 0 spiro atoms. The van der Waals surface area contributed by atoms with Gasteiger partial charge >= 0.3 is 0 Å². The van der Waals surface area contributed by atoms with E-state index in [0.29, 0.717) is 11.0 Å². The van der Waals surface area contributed by atoms with Crippen LogP contribution in [0.25, 0.3) is 65.9 Å². The number of rotatable bonds is 1. The number of aromatic nitrogens is 1. The topological polar surface area (TPSA) is 30.2 Å². The first-order valence-corrected chi connectivity index (χ1v) is 11.4. The molecule has 4 aromatic carbocycles. The fourth-order valence-electron chi connectivity index (χ4n) is 5.40. The summed E-state index contributed by atoms with van der Waals surface area (Å²) in [7, 11) is 1.89. The SMILES string of the molecule is Cc1cc2c(oc3ccccc32)c(-c2c3ccc4c5ccccc5oc4c3c(F)c[n+]2C)c1C. The molecule has 0 aliphatic carbocycles. The van der Waals surface area contributed by atoms with Gasteiger partial charge in [-0.1, -0.05) is 36.4 Å². The number of aryl methyl sites for hydroxylation is 2. The second-order valence-electron chi connectivity index (χ2n) is 9.07. The lowest BCUT2D eigenvalue weighted by Gasteiger charge is -2.11. The normalized spacial score (nSPS) is 12.1. The summed E-state index contributed by atoms with van der Waals surface area (Å²) in [5.41, 5.74) is 7.15. The first-order chi connectivity index (χ1) is 16.5. The first kappa shape index (κ1) is 19.3. The molecule has 7 aromatic rings. The summed E-state index contributed by atoms with van der Waals surface area (Å²) in [4.78, 5) is 0. The summed E-state index contributed by atoms with van der Waals surface area (Å²) in [5, 5.41) is 5.33. The summed E-state index contributed by atoms with van der Waals surface area (Å²) in [6, 6.07) is 22.2. The van der Waals surface area contributed by atoms with E-state index in [1.54, 1.807) is 6.20 Å². The molecule has 0 bridgehead atoms. The van der Waals surface area contributed by atoms with Gasteiger partial charge in [0.15, 0.2) is 5.82 Å². The number of furan rings is 2. The van der Waals surface area contributed by atoms with Crippen molar-refractivity contribution in [2.75, 3.05) is 0 Å². The molecule has 0 saturated carbocycles. The fourth-order valence-corrected chi connectivity index (χ4v) is 5.40. The quantitative estimate of drug-likeness (QED) is 0.240. The summed E-state index contributed by atoms with van der Waals surface area (Å²) >= 11 is 0. The Morgan fingerprint density at radius 2 is 1.32 bits per heavy atom. The number of pyridine rings is 1.